The maximum atomic E-state index is 13.0. The SMILES string of the molecule is C=CCNc1ccc(C(=C)N(C)c2cc(C(F)(F)F)c[nH]2)cc1CN(CCC)CCC(C)C. The molecule has 33 heavy (non-hydrogen) atoms. The van der Waals surface area contributed by atoms with Crippen molar-refractivity contribution in [3.8, 4) is 0 Å². The molecule has 1 heterocycles. The summed E-state index contributed by atoms with van der Waals surface area (Å²) in [6, 6.07) is 7.13. The van der Waals surface area contributed by atoms with Crippen LogP contribution in [0.3, 0.4) is 0 Å². The third kappa shape index (κ3) is 7.70. The summed E-state index contributed by atoms with van der Waals surface area (Å²) in [6.45, 7) is 18.0. The average molecular weight is 463 g/mol. The molecule has 4 nitrogen and oxygen atoms in total. The van der Waals surface area contributed by atoms with Crippen molar-refractivity contribution in [2.24, 2.45) is 5.92 Å². The lowest BCUT2D eigenvalue weighted by Gasteiger charge is -2.26. The van der Waals surface area contributed by atoms with E-state index in [-0.39, 0.29) is 0 Å². The fourth-order valence-electron chi connectivity index (χ4n) is 3.61. The van der Waals surface area contributed by atoms with Crippen molar-refractivity contribution in [2.75, 3.05) is 36.9 Å². The van der Waals surface area contributed by atoms with Crippen LogP contribution in [-0.4, -0.2) is 36.6 Å². The van der Waals surface area contributed by atoms with E-state index in [1.807, 2.05) is 18.2 Å². The number of rotatable bonds is 13. The minimum atomic E-state index is -4.39. The molecular formula is C26H37F3N4. The first-order chi connectivity index (χ1) is 15.6. The minimum Gasteiger partial charge on any atom is -0.381 e. The lowest BCUT2D eigenvalue weighted by Crippen LogP contribution is -2.27. The van der Waals surface area contributed by atoms with Crippen molar-refractivity contribution in [3.05, 3.63) is 66.4 Å². The molecule has 0 saturated carbocycles. The molecule has 7 heteroatoms. The Kier molecular flexibility index (Phi) is 9.65. The van der Waals surface area contributed by atoms with Gasteiger partial charge in [0.1, 0.15) is 5.82 Å². The summed E-state index contributed by atoms with van der Waals surface area (Å²) >= 11 is 0. The van der Waals surface area contributed by atoms with Crippen LogP contribution in [0.25, 0.3) is 5.70 Å². The number of aromatic nitrogens is 1. The summed E-state index contributed by atoms with van der Waals surface area (Å²) in [5, 5.41) is 3.40. The summed E-state index contributed by atoms with van der Waals surface area (Å²) in [5.74, 6) is 0.970. The Labute approximate surface area is 196 Å². The molecule has 0 spiro atoms. The predicted octanol–water partition coefficient (Wildman–Crippen LogP) is 7.00. The van der Waals surface area contributed by atoms with Crippen molar-refractivity contribution < 1.29 is 13.2 Å². The van der Waals surface area contributed by atoms with E-state index in [1.165, 1.54) is 0 Å². The van der Waals surface area contributed by atoms with Gasteiger partial charge in [-0.25, -0.2) is 0 Å². The topological polar surface area (TPSA) is 34.3 Å². The molecule has 2 rings (SSSR count). The van der Waals surface area contributed by atoms with E-state index in [1.54, 1.807) is 11.9 Å². The minimum absolute atomic E-state index is 0.340. The second-order valence-corrected chi connectivity index (χ2v) is 8.78. The number of anilines is 2. The molecule has 2 aromatic rings. The van der Waals surface area contributed by atoms with E-state index >= 15 is 0 Å². The molecule has 0 atom stereocenters. The summed E-state index contributed by atoms with van der Waals surface area (Å²) in [5.41, 5.74) is 2.93. The second kappa shape index (κ2) is 12.0. The highest BCUT2D eigenvalue weighted by molar-refractivity contribution is 5.77. The van der Waals surface area contributed by atoms with Gasteiger partial charge in [-0.3, -0.25) is 4.90 Å². The second-order valence-electron chi connectivity index (χ2n) is 8.78. The van der Waals surface area contributed by atoms with Crippen LogP contribution in [0.15, 0.2) is 49.7 Å². The van der Waals surface area contributed by atoms with E-state index in [4.69, 9.17) is 0 Å². The molecule has 0 unspecified atom stereocenters. The first-order valence-corrected chi connectivity index (χ1v) is 11.5. The number of aromatic amines is 1. The number of nitrogens with one attached hydrogen (secondary N) is 2. The zero-order chi connectivity index (χ0) is 24.6. The molecule has 0 bridgehead atoms. The van der Waals surface area contributed by atoms with Gasteiger partial charge in [-0.2, -0.15) is 13.2 Å². The summed E-state index contributed by atoms with van der Waals surface area (Å²) in [4.78, 5) is 6.80. The molecule has 1 aromatic heterocycles. The summed E-state index contributed by atoms with van der Waals surface area (Å²) in [6.07, 6.45) is 0.595. The van der Waals surface area contributed by atoms with E-state index in [0.29, 0.717) is 24.0 Å². The lowest BCUT2D eigenvalue weighted by molar-refractivity contribution is -0.137. The first-order valence-electron chi connectivity index (χ1n) is 11.5. The first kappa shape index (κ1) is 26.6. The number of nitrogens with zero attached hydrogens (tertiary/aromatic N) is 2. The number of H-pyrrole nitrogens is 1. The molecule has 0 aliphatic heterocycles. The Morgan fingerprint density at radius 1 is 1.21 bits per heavy atom. The molecule has 0 aliphatic carbocycles. The molecule has 0 fully saturated rings. The van der Waals surface area contributed by atoms with Crippen LogP contribution in [0, 0.1) is 5.92 Å². The highest BCUT2D eigenvalue weighted by Crippen LogP contribution is 2.33. The van der Waals surface area contributed by atoms with Crippen LogP contribution in [0.5, 0.6) is 0 Å². The highest BCUT2D eigenvalue weighted by Gasteiger charge is 2.32. The van der Waals surface area contributed by atoms with Crippen LogP contribution in [0.2, 0.25) is 0 Å². The molecule has 182 valence electrons. The zero-order valence-corrected chi connectivity index (χ0v) is 20.2. The van der Waals surface area contributed by atoms with E-state index in [9.17, 15) is 13.2 Å². The van der Waals surface area contributed by atoms with E-state index < -0.39 is 11.7 Å². The third-order valence-electron chi connectivity index (χ3n) is 5.59. The summed E-state index contributed by atoms with van der Waals surface area (Å²) in [7, 11) is 1.71. The standard InChI is InChI=1S/C26H37F3N4/c1-7-12-30-24-10-9-21(15-22(24)18-33(13-8-2)14-11-19(3)4)20(5)32(6)25-16-23(17-31-25)26(27,28)29/h7,9-10,15-17,19,30-31H,1,5,8,11-14,18H2,2-4,6H3. The van der Waals surface area contributed by atoms with Gasteiger partial charge in [0.05, 0.1) is 5.56 Å². The van der Waals surface area contributed by atoms with Gasteiger partial charge in [0.25, 0.3) is 0 Å². The normalized spacial score (nSPS) is 11.8. The maximum Gasteiger partial charge on any atom is 0.417 e. The van der Waals surface area contributed by atoms with Gasteiger partial charge in [-0.15, -0.1) is 6.58 Å². The van der Waals surface area contributed by atoms with Gasteiger partial charge in [0, 0.05) is 37.7 Å². The van der Waals surface area contributed by atoms with E-state index in [0.717, 1.165) is 61.6 Å². The molecule has 0 aliphatic rings. The van der Waals surface area contributed by atoms with Gasteiger partial charge in [-0.05, 0) is 61.2 Å². The quantitative estimate of drug-likeness (QED) is 0.315. The fourth-order valence-corrected chi connectivity index (χ4v) is 3.61. The van der Waals surface area contributed by atoms with Crippen LogP contribution in [0.4, 0.5) is 24.7 Å². The Hall–Kier alpha value is -2.67. The Morgan fingerprint density at radius 3 is 2.52 bits per heavy atom. The average Bonchev–Trinajstić information content (AvgIpc) is 3.26. The van der Waals surface area contributed by atoms with Crippen LogP contribution < -0.4 is 10.2 Å². The molecule has 0 amide bonds. The van der Waals surface area contributed by atoms with Crippen molar-refractivity contribution in [1.29, 1.82) is 0 Å². The van der Waals surface area contributed by atoms with Crippen molar-refractivity contribution in [1.82, 2.24) is 9.88 Å². The van der Waals surface area contributed by atoms with Crippen LogP contribution in [-0.2, 0) is 12.7 Å². The number of alkyl halides is 3. The summed E-state index contributed by atoms with van der Waals surface area (Å²) < 4.78 is 39.0. The third-order valence-corrected chi connectivity index (χ3v) is 5.59. The number of benzene rings is 1. The maximum absolute atomic E-state index is 13.0. The van der Waals surface area contributed by atoms with Gasteiger partial charge in [-0.1, -0.05) is 39.5 Å². The molecule has 0 saturated heterocycles. The van der Waals surface area contributed by atoms with Crippen molar-refractivity contribution in [3.63, 3.8) is 0 Å². The fraction of sp³-hybridized carbons (Fsp3) is 0.462. The lowest BCUT2D eigenvalue weighted by atomic mass is 10.0. The Bertz CT molecular complexity index is 915. The highest BCUT2D eigenvalue weighted by atomic mass is 19.4. The van der Waals surface area contributed by atoms with Gasteiger partial charge >= 0.3 is 6.18 Å². The molecule has 2 N–H and O–H groups in total. The molecule has 1 aromatic carbocycles. The van der Waals surface area contributed by atoms with Crippen LogP contribution in [0.1, 0.15) is 50.3 Å². The smallest absolute Gasteiger partial charge is 0.381 e. The van der Waals surface area contributed by atoms with Gasteiger partial charge in [0.15, 0.2) is 0 Å². The number of hydrogen-bond donors (Lipinski definition) is 2. The predicted molar refractivity (Wildman–Crippen MR) is 133 cm³/mol. The molecule has 0 radical (unpaired) electrons. The largest absolute Gasteiger partial charge is 0.417 e. The number of hydrogen-bond acceptors (Lipinski definition) is 3. The zero-order valence-electron chi connectivity index (χ0n) is 20.2. The van der Waals surface area contributed by atoms with Crippen molar-refractivity contribution >= 4 is 17.2 Å². The van der Waals surface area contributed by atoms with Gasteiger partial charge in [0.2, 0.25) is 0 Å². The Morgan fingerprint density at radius 2 is 1.94 bits per heavy atom. The molecular weight excluding hydrogens is 425 g/mol. The number of halogens is 3. The monoisotopic (exact) mass is 462 g/mol. The van der Waals surface area contributed by atoms with Crippen LogP contribution >= 0.6 is 0 Å². The van der Waals surface area contributed by atoms with Gasteiger partial charge < -0.3 is 15.2 Å². The Balaban J connectivity index is 2.30. The van der Waals surface area contributed by atoms with E-state index in [2.05, 4.69) is 55.2 Å². The van der Waals surface area contributed by atoms with Crippen molar-refractivity contribution in [2.45, 2.75) is 46.3 Å².